The van der Waals surface area contributed by atoms with E-state index in [1.807, 2.05) is 12.1 Å². The molecule has 312 valence electrons. The Labute approximate surface area is 385 Å². The van der Waals surface area contributed by atoms with Crippen molar-refractivity contribution in [1.82, 2.24) is 0 Å². The molecule has 11 aromatic rings. The molecule has 2 aliphatic rings. The van der Waals surface area contributed by atoms with E-state index in [0.717, 1.165) is 39.0 Å². The van der Waals surface area contributed by atoms with Crippen LogP contribution in [0, 0.1) is 0 Å². The van der Waals surface area contributed by atoms with E-state index < -0.39 is 5.41 Å². The third kappa shape index (κ3) is 5.68. The normalized spacial score (nSPS) is 13.8. The Morgan fingerprint density at radius 3 is 1.44 bits per heavy atom. The second-order valence-electron chi connectivity index (χ2n) is 18.4. The average molecular weight is 844 g/mol. The second-order valence-corrected chi connectivity index (χ2v) is 18.4. The zero-order chi connectivity index (χ0) is 44.0. The predicted molar refractivity (Wildman–Crippen MR) is 274 cm³/mol. The molecule has 0 radical (unpaired) electrons. The van der Waals surface area contributed by atoms with Gasteiger partial charge >= 0.3 is 0 Å². The van der Waals surface area contributed by atoms with Crippen molar-refractivity contribution in [2.75, 3.05) is 4.90 Å². The van der Waals surface area contributed by atoms with Gasteiger partial charge in [-0.3, -0.25) is 0 Å². The van der Waals surface area contributed by atoms with E-state index in [1.165, 1.54) is 77.9 Å². The Kier molecular flexibility index (Phi) is 8.51. The molecule has 0 amide bonds. The number of benzene rings is 10. The molecule has 13 rings (SSSR count). The van der Waals surface area contributed by atoms with Crippen LogP contribution in [0.3, 0.4) is 0 Å². The molecular formula is C64H45NO. The quantitative estimate of drug-likeness (QED) is 0.159. The maximum absolute atomic E-state index is 6.12. The van der Waals surface area contributed by atoms with E-state index in [9.17, 15) is 0 Å². The number of hydrogen-bond donors (Lipinski definition) is 0. The van der Waals surface area contributed by atoms with E-state index >= 15 is 0 Å². The molecule has 0 bridgehead atoms. The van der Waals surface area contributed by atoms with Crippen molar-refractivity contribution in [2.45, 2.75) is 24.7 Å². The first-order valence-electron chi connectivity index (χ1n) is 23.0. The van der Waals surface area contributed by atoms with Crippen molar-refractivity contribution >= 4 is 39.0 Å². The minimum Gasteiger partial charge on any atom is -0.456 e. The Hall–Kier alpha value is -8.20. The molecule has 1 heterocycles. The van der Waals surface area contributed by atoms with Gasteiger partial charge < -0.3 is 9.32 Å². The van der Waals surface area contributed by atoms with Gasteiger partial charge in [0.1, 0.15) is 11.2 Å². The smallest absolute Gasteiger partial charge is 0.135 e. The van der Waals surface area contributed by atoms with Crippen molar-refractivity contribution < 1.29 is 4.42 Å². The summed E-state index contributed by atoms with van der Waals surface area (Å²) in [4.78, 5) is 2.46. The number of furan rings is 1. The van der Waals surface area contributed by atoms with Crippen LogP contribution in [-0.4, -0.2) is 0 Å². The van der Waals surface area contributed by atoms with E-state index in [2.05, 4.69) is 243 Å². The first-order chi connectivity index (χ1) is 32.5. The number of hydrogen-bond acceptors (Lipinski definition) is 2. The monoisotopic (exact) mass is 843 g/mol. The van der Waals surface area contributed by atoms with Crippen LogP contribution in [0.4, 0.5) is 17.1 Å². The van der Waals surface area contributed by atoms with Crippen LogP contribution in [0.15, 0.2) is 241 Å². The first-order valence-corrected chi connectivity index (χ1v) is 23.0. The van der Waals surface area contributed by atoms with Gasteiger partial charge in [-0.1, -0.05) is 196 Å². The van der Waals surface area contributed by atoms with Crippen LogP contribution in [0.2, 0.25) is 0 Å². The van der Waals surface area contributed by atoms with Crippen molar-refractivity contribution in [3.63, 3.8) is 0 Å². The van der Waals surface area contributed by atoms with E-state index in [1.54, 1.807) is 0 Å². The third-order valence-electron chi connectivity index (χ3n) is 14.6. The van der Waals surface area contributed by atoms with Gasteiger partial charge in [0.15, 0.2) is 0 Å². The number of para-hydroxylation sites is 1. The van der Waals surface area contributed by atoms with Crippen LogP contribution < -0.4 is 4.90 Å². The maximum Gasteiger partial charge on any atom is 0.135 e. The lowest BCUT2D eigenvalue weighted by molar-refractivity contribution is 0.660. The summed E-state index contributed by atoms with van der Waals surface area (Å²) >= 11 is 0. The van der Waals surface area contributed by atoms with Gasteiger partial charge in [-0.05, 0) is 132 Å². The van der Waals surface area contributed by atoms with E-state index in [4.69, 9.17) is 4.42 Å². The summed E-state index contributed by atoms with van der Waals surface area (Å²) in [6.45, 7) is 4.73. The molecule has 10 aromatic carbocycles. The molecule has 2 nitrogen and oxygen atoms in total. The number of nitrogens with zero attached hydrogens (tertiary/aromatic N) is 1. The first kappa shape index (κ1) is 38.3. The third-order valence-corrected chi connectivity index (χ3v) is 14.6. The highest BCUT2D eigenvalue weighted by atomic mass is 16.3. The summed E-state index contributed by atoms with van der Waals surface area (Å²) in [6.07, 6.45) is 0. The lowest BCUT2D eigenvalue weighted by Crippen LogP contribution is -2.28. The molecule has 2 aliphatic carbocycles. The Morgan fingerprint density at radius 2 is 0.773 bits per heavy atom. The Morgan fingerprint density at radius 1 is 0.318 bits per heavy atom. The van der Waals surface area contributed by atoms with Crippen LogP contribution in [0.25, 0.3) is 66.4 Å². The Balaban J connectivity index is 0.943. The zero-order valence-electron chi connectivity index (χ0n) is 36.9. The van der Waals surface area contributed by atoms with Gasteiger partial charge in [0.05, 0.1) is 5.41 Å². The molecular weight excluding hydrogens is 799 g/mol. The highest BCUT2D eigenvalue weighted by Gasteiger charge is 2.46. The van der Waals surface area contributed by atoms with Crippen molar-refractivity contribution in [3.8, 4) is 44.5 Å². The fourth-order valence-electron chi connectivity index (χ4n) is 11.4. The lowest BCUT2D eigenvalue weighted by Gasteiger charge is -2.35. The highest BCUT2D eigenvalue weighted by molar-refractivity contribution is 6.06. The van der Waals surface area contributed by atoms with Gasteiger partial charge in [-0.15, -0.1) is 0 Å². The van der Waals surface area contributed by atoms with Crippen LogP contribution in [0.5, 0.6) is 0 Å². The molecule has 0 atom stereocenters. The lowest BCUT2D eigenvalue weighted by atomic mass is 9.67. The summed E-state index contributed by atoms with van der Waals surface area (Å²) < 4.78 is 6.12. The van der Waals surface area contributed by atoms with E-state index in [-0.39, 0.29) is 5.41 Å². The molecule has 2 heteroatoms. The molecule has 66 heavy (non-hydrogen) atoms. The van der Waals surface area contributed by atoms with Crippen molar-refractivity contribution in [3.05, 3.63) is 270 Å². The fourth-order valence-corrected chi connectivity index (χ4v) is 11.4. The largest absolute Gasteiger partial charge is 0.456 e. The molecule has 0 saturated carbocycles. The van der Waals surface area contributed by atoms with Gasteiger partial charge in [0, 0.05) is 33.2 Å². The van der Waals surface area contributed by atoms with Gasteiger partial charge in [0.2, 0.25) is 0 Å². The second kappa shape index (κ2) is 14.7. The van der Waals surface area contributed by atoms with Crippen molar-refractivity contribution in [2.24, 2.45) is 0 Å². The summed E-state index contributed by atoms with van der Waals surface area (Å²) in [5.74, 6) is 0. The van der Waals surface area contributed by atoms with Gasteiger partial charge in [-0.25, -0.2) is 0 Å². The summed E-state index contributed by atoms with van der Waals surface area (Å²) in [5.41, 5.74) is 22.3. The summed E-state index contributed by atoms with van der Waals surface area (Å²) in [6, 6.07) is 87.1. The number of fused-ring (bicyclic) bond motifs is 9. The van der Waals surface area contributed by atoms with Crippen LogP contribution in [-0.2, 0) is 10.8 Å². The molecule has 0 N–H and O–H groups in total. The number of anilines is 3. The average Bonchev–Trinajstić information content (AvgIpc) is 3.98. The molecule has 0 aliphatic heterocycles. The fraction of sp³-hybridized carbons (Fsp3) is 0.0625. The predicted octanol–water partition coefficient (Wildman–Crippen LogP) is 17.1. The van der Waals surface area contributed by atoms with Gasteiger partial charge in [-0.2, -0.15) is 0 Å². The minimum absolute atomic E-state index is 0.142. The van der Waals surface area contributed by atoms with E-state index in [0.29, 0.717) is 0 Å². The Bertz CT molecular complexity index is 3620. The van der Waals surface area contributed by atoms with Gasteiger partial charge in [0.25, 0.3) is 0 Å². The molecule has 0 unspecified atom stereocenters. The summed E-state index contributed by atoms with van der Waals surface area (Å²) in [7, 11) is 0. The SMILES string of the molecule is CC1(C)c2ccccc2-c2ccc(N(c3ccc(-c4ccc(-c5ccc6oc7ccccc7c6c5)cc4)cc3)c3ccc4c(c3)C(c3ccccc3)(c3ccccc3)c3ccccc3-4)cc21. The maximum atomic E-state index is 6.12. The summed E-state index contributed by atoms with van der Waals surface area (Å²) in [5, 5.41) is 2.29. The zero-order valence-corrected chi connectivity index (χ0v) is 36.9. The van der Waals surface area contributed by atoms with Crippen LogP contribution in [0.1, 0.15) is 47.2 Å². The molecule has 0 fully saturated rings. The minimum atomic E-state index is -0.508. The standard InChI is InChI=1S/C64H45NO/c1-63(2)57-22-12-9-19-51(57)53-36-34-49(40-59(53)63)65(48-32-29-43(30-33-48)42-25-27-44(28-26-42)45-31-38-62-56(39-45)55-21-11-14-24-61(55)66-62)50-35-37-54-52-20-10-13-23-58(52)64(60(54)41-50,46-15-5-3-6-16-46)47-17-7-4-8-18-47/h3-41H,1-2H3. The molecule has 1 aromatic heterocycles. The van der Waals surface area contributed by atoms with Crippen LogP contribution >= 0.6 is 0 Å². The van der Waals surface area contributed by atoms with Crippen molar-refractivity contribution in [1.29, 1.82) is 0 Å². The molecule has 0 saturated heterocycles. The highest BCUT2D eigenvalue weighted by Crippen LogP contribution is 2.58. The topological polar surface area (TPSA) is 16.4 Å². The number of rotatable bonds is 7. The molecule has 0 spiro atoms.